The van der Waals surface area contributed by atoms with Crippen LogP contribution < -0.4 is 5.32 Å². The second-order valence-electron chi connectivity index (χ2n) is 4.92. The summed E-state index contributed by atoms with van der Waals surface area (Å²) in [5.41, 5.74) is 0. The lowest BCUT2D eigenvalue weighted by atomic mass is 10.1. The SMILES string of the molecule is CS(=O)(=O)CCC(NC(=O)C1CCS(=O)(=O)C1)C(=O)O. The van der Waals surface area contributed by atoms with Gasteiger partial charge in [0.2, 0.25) is 5.91 Å². The van der Waals surface area contributed by atoms with E-state index < -0.39 is 43.5 Å². The number of hydrogen-bond acceptors (Lipinski definition) is 6. The highest BCUT2D eigenvalue weighted by molar-refractivity contribution is 7.91. The van der Waals surface area contributed by atoms with E-state index in [-0.39, 0.29) is 30.1 Å². The van der Waals surface area contributed by atoms with E-state index in [4.69, 9.17) is 5.11 Å². The predicted molar refractivity (Wildman–Crippen MR) is 70.7 cm³/mol. The van der Waals surface area contributed by atoms with Gasteiger partial charge in [-0.3, -0.25) is 4.79 Å². The fraction of sp³-hybridized carbons (Fsp3) is 0.800. The molecule has 0 radical (unpaired) electrons. The molecule has 1 fully saturated rings. The standard InChI is InChI=1S/C10H17NO7S2/c1-19(15,16)4-3-8(10(13)14)11-9(12)7-2-5-20(17,18)6-7/h7-8H,2-6H2,1H3,(H,11,12)(H,13,14). The molecule has 0 aromatic carbocycles. The van der Waals surface area contributed by atoms with Crippen LogP contribution in [-0.2, 0) is 29.3 Å². The van der Waals surface area contributed by atoms with Gasteiger partial charge in [-0.25, -0.2) is 21.6 Å². The highest BCUT2D eigenvalue weighted by Gasteiger charge is 2.34. The lowest BCUT2D eigenvalue weighted by molar-refractivity contribution is -0.142. The average Bonchev–Trinajstić information content (AvgIpc) is 2.63. The molecule has 8 nitrogen and oxygen atoms in total. The van der Waals surface area contributed by atoms with Crippen molar-refractivity contribution in [2.45, 2.75) is 18.9 Å². The van der Waals surface area contributed by atoms with Crippen LogP contribution in [0.5, 0.6) is 0 Å². The van der Waals surface area contributed by atoms with Crippen LogP contribution >= 0.6 is 0 Å². The molecule has 2 N–H and O–H groups in total. The molecule has 1 aliphatic heterocycles. The molecule has 2 atom stereocenters. The van der Waals surface area contributed by atoms with E-state index in [1.807, 2.05) is 0 Å². The van der Waals surface area contributed by atoms with Gasteiger partial charge in [0, 0.05) is 6.26 Å². The number of hydrogen-bond donors (Lipinski definition) is 2. The topological polar surface area (TPSA) is 135 Å². The summed E-state index contributed by atoms with van der Waals surface area (Å²) in [7, 11) is -6.57. The van der Waals surface area contributed by atoms with E-state index in [0.29, 0.717) is 0 Å². The number of amides is 1. The summed E-state index contributed by atoms with van der Waals surface area (Å²) in [4.78, 5) is 22.8. The molecule has 0 aliphatic carbocycles. The smallest absolute Gasteiger partial charge is 0.326 e. The van der Waals surface area contributed by atoms with Crippen molar-refractivity contribution < 1.29 is 31.5 Å². The van der Waals surface area contributed by atoms with Crippen LogP contribution in [-0.4, -0.2) is 63.4 Å². The molecular weight excluding hydrogens is 310 g/mol. The fourth-order valence-corrected chi connectivity index (χ4v) is 4.29. The Bertz CT molecular complexity index is 593. The number of nitrogens with one attached hydrogen (secondary N) is 1. The second-order valence-corrected chi connectivity index (χ2v) is 9.41. The molecule has 1 aliphatic rings. The van der Waals surface area contributed by atoms with E-state index in [1.54, 1.807) is 0 Å². The highest BCUT2D eigenvalue weighted by Crippen LogP contribution is 2.18. The molecule has 1 saturated heterocycles. The van der Waals surface area contributed by atoms with Crippen LogP contribution in [0, 0.1) is 5.92 Å². The number of rotatable bonds is 6. The van der Waals surface area contributed by atoms with E-state index in [0.717, 1.165) is 6.26 Å². The summed E-state index contributed by atoms with van der Waals surface area (Å²) in [6.45, 7) is 0. The van der Waals surface area contributed by atoms with Crippen LogP contribution in [0.3, 0.4) is 0 Å². The minimum atomic E-state index is -3.34. The normalized spacial score (nSPS) is 23.1. The molecule has 1 amide bonds. The van der Waals surface area contributed by atoms with Gasteiger partial charge >= 0.3 is 5.97 Å². The van der Waals surface area contributed by atoms with Crippen molar-refractivity contribution in [1.29, 1.82) is 0 Å². The first-order chi connectivity index (χ1) is 9.00. The minimum absolute atomic E-state index is 0.0911. The first-order valence-electron chi connectivity index (χ1n) is 5.91. The van der Waals surface area contributed by atoms with Crippen molar-refractivity contribution >= 4 is 31.6 Å². The Labute approximate surface area is 117 Å². The van der Waals surface area contributed by atoms with Gasteiger partial charge < -0.3 is 10.4 Å². The van der Waals surface area contributed by atoms with Gasteiger partial charge in [-0.15, -0.1) is 0 Å². The molecular formula is C10H17NO7S2. The van der Waals surface area contributed by atoms with Crippen molar-refractivity contribution in [3.05, 3.63) is 0 Å². The van der Waals surface area contributed by atoms with Gasteiger partial charge in [0.15, 0.2) is 9.84 Å². The number of carbonyl (C=O) groups excluding carboxylic acids is 1. The van der Waals surface area contributed by atoms with E-state index in [9.17, 15) is 26.4 Å². The third-order valence-corrected chi connectivity index (χ3v) is 5.74. The third kappa shape index (κ3) is 5.45. The Balaban J connectivity index is 2.62. The second kappa shape index (κ2) is 6.08. The van der Waals surface area contributed by atoms with Crippen molar-refractivity contribution in [1.82, 2.24) is 5.32 Å². The van der Waals surface area contributed by atoms with Gasteiger partial charge in [0.05, 0.1) is 23.2 Å². The number of aliphatic carboxylic acids is 1. The van der Waals surface area contributed by atoms with Crippen LogP contribution in [0.25, 0.3) is 0 Å². The van der Waals surface area contributed by atoms with Gasteiger partial charge in [0.25, 0.3) is 0 Å². The Morgan fingerprint density at radius 1 is 1.40 bits per heavy atom. The molecule has 1 heterocycles. The minimum Gasteiger partial charge on any atom is -0.480 e. The first-order valence-corrected chi connectivity index (χ1v) is 9.80. The fourth-order valence-electron chi connectivity index (χ4n) is 1.88. The zero-order valence-electron chi connectivity index (χ0n) is 10.9. The third-order valence-electron chi connectivity index (χ3n) is 3.00. The maximum Gasteiger partial charge on any atom is 0.326 e. The molecule has 0 aromatic rings. The largest absolute Gasteiger partial charge is 0.480 e. The van der Waals surface area contributed by atoms with Crippen molar-refractivity contribution in [2.24, 2.45) is 5.92 Å². The molecule has 0 aromatic heterocycles. The molecule has 0 bridgehead atoms. The Morgan fingerprint density at radius 3 is 2.40 bits per heavy atom. The summed E-state index contributed by atoms with van der Waals surface area (Å²) in [6.07, 6.45) is 0.878. The van der Waals surface area contributed by atoms with Gasteiger partial charge in [0.1, 0.15) is 15.9 Å². The van der Waals surface area contributed by atoms with Crippen molar-refractivity contribution in [3.63, 3.8) is 0 Å². The molecule has 10 heteroatoms. The van der Waals surface area contributed by atoms with E-state index >= 15 is 0 Å². The van der Waals surface area contributed by atoms with E-state index in [2.05, 4.69) is 5.32 Å². The summed E-state index contributed by atoms with van der Waals surface area (Å²) in [6, 6.07) is -1.33. The summed E-state index contributed by atoms with van der Waals surface area (Å²) >= 11 is 0. The van der Waals surface area contributed by atoms with Gasteiger partial charge in [-0.05, 0) is 12.8 Å². The number of carbonyl (C=O) groups is 2. The Kier molecular flexibility index (Phi) is 5.14. The predicted octanol–water partition coefficient (Wildman–Crippen LogP) is -1.57. The molecule has 116 valence electrons. The molecule has 0 saturated carbocycles. The highest BCUT2D eigenvalue weighted by atomic mass is 32.2. The lowest BCUT2D eigenvalue weighted by Crippen LogP contribution is -2.44. The van der Waals surface area contributed by atoms with Crippen molar-refractivity contribution in [2.75, 3.05) is 23.5 Å². The van der Waals surface area contributed by atoms with Crippen LogP contribution in [0.15, 0.2) is 0 Å². The number of sulfone groups is 2. The lowest BCUT2D eigenvalue weighted by Gasteiger charge is -2.16. The Hall–Kier alpha value is -1.16. The zero-order chi connectivity index (χ0) is 15.6. The van der Waals surface area contributed by atoms with Crippen LogP contribution in [0.4, 0.5) is 0 Å². The number of carboxylic acids is 1. The zero-order valence-corrected chi connectivity index (χ0v) is 12.5. The quantitative estimate of drug-likeness (QED) is 0.601. The van der Waals surface area contributed by atoms with Gasteiger partial charge in [-0.1, -0.05) is 0 Å². The summed E-state index contributed by atoms with van der Waals surface area (Å²) in [5, 5.41) is 11.1. The van der Waals surface area contributed by atoms with Gasteiger partial charge in [-0.2, -0.15) is 0 Å². The molecule has 1 rings (SSSR count). The maximum atomic E-state index is 11.8. The average molecular weight is 327 g/mol. The first kappa shape index (κ1) is 16.9. The maximum absolute atomic E-state index is 11.8. The summed E-state index contributed by atoms with van der Waals surface area (Å²) in [5.74, 6) is -3.52. The van der Waals surface area contributed by atoms with E-state index in [1.165, 1.54) is 0 Å². The molecule has 0 spiro atoms. The van der Waals surface area contributed by atoms with Crippen LogP contribution in [0.1, 0.15) is 12.8 Å². The molecule has 2 unspecified atom stereocenters. The Morgan fingerprint density at radius 2 is 2.00 bits per heavy atom. The van der Waals surface area contributed by atoms with Crippen LogP contribution in [0.2, 0.25) is 0 Å². The molecule has 20 heavy (non-hydrogen) atoms. The van der Waals surface area contributed by atoms with Crippen molar-refractivity contribution in [3.8, 4) is 0 Å². The summed E-state index contributed by atoms with van der Waals surface area (Å²) < 4.78 is 44.5. The monoisotopic (exact) mass is 327 g/mol. The number of carboxylic acid groups (broad SMARTS) is 1.